The Bertz CT molecular complexity index is 363. The van der Waals surface area contributed by atoms with Crippen LogP contribution in [-0.2, 0) is 0 Å². The number of hydrogen-bond donors (Lipinski definition) is 0. The van der Waals surface area contributed by atoms with Gasteiger partial charge in [-0.25, -0.2) is 4.98 Å². The molecule has 1 aromatic heterocycles. The van der Waals surface area contributed by atoms with E-state index in [0.29, 0.717) is 12.4 Å². The van der Waals surface area contributed by atoms with E-state index in [4.69, 9.17) is 0 Å². The van der Waals surface area contributed by atoms with Gasteiger partial charge >= 0.3 is 6.18 Å². The standard InChI is InChI=1S/C10H10BrF3N2/c11-8-1-2-9(15-5-8)16-4-3-7(6-16)10(12,13)14/h1-2,5,7H,3-4,6H2. The van der Waals surface area contributed by atoms with Crippen LogP contribution < -0.4 is 4.90 Å². The van der Waals surface area contributed by atoms with Gasteiger partial charge in [0.2, 0.25) is 0 Å². The van der Waals surface area contributed by atoms with Crippen LogP contribution in [-0.4, -0.2) is 24.2 Å². The molecule has 0 amide bonds. The van der Waals surface area contributed by atoms with Crippen LogP contribution in [0.2, 0.25) is 0 Å². The van der Waals surface area contributed by atoms with Crippen molar-refractivity contribution in [1.82, 2.24) is 4.98 Å². The first-order chi connectivity index (χ1) is 7.47. The Morgan fingerprint density at radius 2 is 2.12 bits per heavy atom. The summed E-state index contributed by atoms with van der Waals surface area (Å²) in [5.74, 6) is -0.618. The van der Waals surface area contributed by atoms with Crippen molar-refractivity contribution in [2.75, 3.05) is 18.0 Å². The third-order valence-electron chi connectivity index (χ3n) is 2.69. The van der Waals surface area contributed by atoms with Crippen LogP contribution in [0.15, 0.2) is 22.8 Å². The lowest BCUT2D eigenvalue weighted by Gasteiger charge is -2.18. The number of anilines is 1. The quantitative estimate of drug-likeness (QED) is 0.790. The predicted molar refractivity (Wildman–Crippen MR) is 58.3 cm³/mol. The Labute approximate surface area is 99.6 Å². The van der Waals surface area contributed by atoms with Crippen LogP contribution in [0.25, 0.3) is 0 Å². The Hall–Kier alpha value is -0.780. The molecular formula is C10H10BrF3N2. The maximum atomic E-state index is 12.5. The predicted octanol–water partition coefficient (Wildman–Crippen LogP) is 3.23. The fourth-order valence-corrected chi connectivity index (χ4v) is 2.03. The zero-order valence-corrected chi connectivity index (χ0v) is 9.92. The van der Waals surface area contributed by atoms with E-state index in [1.807, 2.05) is 0 Å². The van der Waals surface area contributed by atoms with Gasteiger partial charge in [0.25, 0.3) is 0 Å². The maximum Gasteiger partial charge on any atom is 0.393 e. The number of halogens is 4. The molecule has 1 fully saturated rings. The minimum Gasteiger partial charge on any atom is -0.356 e. The van der Waals surface area contributed by atoms with E-state index >= 15 is 0 Å². The lowest BCUT2D eigenvalue weighted by molar-refractivity contribution is -0.168. The van der Waals surface area contributed by atoms with Crippen molar-refractivity contribution in [1.29, 1.82) is 0 Å². The smallest absolute Gasteiger partial charge is 0.356 e. The van der Waals surface area contributed by atoms with Crippen LogP contribution in [0, 0.1) is 5.92 Å². The summed E-state index contributed by atoms with van der Waals surface area (Å²) in [7, 11) is 0. The molecule has 0 aliphatic carbocycles. The second-order valence-electron chi connectivity index (χ2n) is 3.81. The zero-order chi connectivity index (χ0) is 11.8. The molecule has 0 aromatic carbocycles. The van der Waals surface area contributed by atoms with Gasteiger partial charge in [-0.05, 0) is 34.5 Å². The number of nitrogens with zero attached hydrogens (tertiary/aromatic N) is 2. The third-order valence-corrected chi connectivity index (χ3v) is 3.16. The lowest BCUT2D eigenvalue weighted by atomic mass is 10.1. The average molecular weight is 295 g/mol. The molecule has 6 heteroatoms. The molecule has 2 nitrogen and oxygen atoms in total. The molecule has 2 heterocycles. The van der Waals surface area contributed by atoms with Crippen molar-refractivity contribution in [3.8, 4) is 0 Å². The van der Waals surface area contributed by atoms with Gasteiger partial charge in [-0.1, -0.05) is 0 Å². The van der Waals surface area contributed by atoms with E-state index < -0.39 is 12.1 Å². The molecule has 0 bridgehead atoms. The van der Waals surface area contributed by atoms with Gasteiger partial charge < -0.3 is 4.90 Å². The topological polar surface area (TPSA) is 16.1 Å². The van der Waals surface area contributed by atoms with Crippen molar-refractivity contribution in [2.45, 2.75) is 12.6 Å². The highest BCUT2D eigenvalue weighted by molar-refractivity contribution is 9.10. The first kappa shape index (κ1) is 11.7. The second-order valence-corrected chi connectivity index (χ2v) is 4.72. The molecule has 0 N–H and O–H groups in total. The molecule has 1 aliphatic heterocycles. The zero-order valence-electron chi connectivity index (χ0n) is 8.34. The van der Waals surface area contributed by atoms with Gasteiger partial charge in [0.05, 0.1) is 5.92 Å². The number of alkyl halides is 3. The summed E-state index contributed by atoms with van der Waals surface area (Å²) < 4.78 is 38.2. The molecular weight excluding hydrogens is 285 g/mol. The highest BCUT2D eigenvalue weighted by Crippen LogP contribution is 2.34. The summed E-state index contributed by atoms with van der Waals surface area (Å²) in [4.78, 5) is 5.76. The van der Waals surface area contributed by atoms with E-state index in [-0.39, 0.29) is 13.0 Å². The molecule has 1 aliphatic rings. The number of rotatable bonds is 1. The van der Waals surface area contributed by atoms with Crippen LogP contribution in [0.1, 0.15) is 6.42 Å². The third kappa shape index (κ3) is 2.48. The van der Waals surface area contributed by atoms with Crippen LogP contribution >= 0.6 is 15.9 Å². The fourth-order valence-electron chi connectivity index (χ4n) is 1.79. The second kappa shape index (κ2) is 4.24. The van der Waals surface area contributed by atoms with E-state index in [1.54, 1.807) is 23.2 Å². The summed E-state index contributed by atoms with van der Waals surface area (Å²) in [6.45, 7) is 0.428. The van der Waals surface area contributed by atoms with Crippen molar-refractivity contribution < 1.29 is 13.2 Å². The summed E-state index contributed by atoms with van der Waals surface area (Å²) in [6.07, 6.45) is -2.35. The summed E-state index contributed by atoms with van der Waals surface area (Å²) in [5.41, 5.74) is 0. The Morgan fingerprint density at radius 1 is 1.38 bits per heavy atom. The highest BCUT2D eigenvalue weighted by Gasteiger charge is 2.43. The monoisotopic (exact) mass is 294 g/mol. The number of hydrogen-bond acceptors (Lipinski definition) is 2. The average Bonchev–Trinajstić information content (AvgIpc) is 2.67. The van der Waals surface area contributed by atoms with E-state index in [9.17, 15) is 13.2 Å². The summed E-state index contributed by atoms with van der Waals surface area (Å²) in [6, 6.07) is 3.51. The molecule has 0 saturated carbocycles. The minimum absolute atomic E-state index is 0.0120. The number of aromatic nitrogens is 1. The maximum absolute atomic E-state index is 12.5. The normalized spacial score (nSPS) is 21.5. The summed E-state index contributed by atoms with van der Waals surface area (Å²) >= 11 is 3.24. The van der Waals surface area contributed by atoms with Crippen molar-refractivity contribution >= 4 is 21.7 Å². The molecule has 88 valence electrons. The molecule has 16 heavy (non-hydrogen) atoms. The lowest BCUT2D eigenvalue weighted by Crippen LogP contribution is -2.27. The Kier molecular flexibility index (Phi) is 3.10. The van der Waals surface area contributed by atoms with Gasteiger partial charge in [-0.15, -0.1) is 0 Å². The van der Waals surface area contributed by atoms with Crippen LogP contribution in [0.3, 0.4) is 0 Å². The molecule has 1 saturated heterocycles. The number of pyridine rings is 1. The molecule has 0 spiro atoms. The van der Waals surface area contributed by atoms with Gasteiger partial charge in [-0.2, -0.15) is 13.2 Å². The first-order valence-electron chi connectivity index (χ1n) is 4.90. The Balaban J connectivity index is 2.06. The van der Waals surface area contributed by atoms with E-state index in [0.717, 1.165) is 4.47 Å². The van der Waals surface area contributed by atoms with Crippen LogP contribution in [0.4, 0.5) is 19.0 Å². The SMILES string of the molecule is FC(F)(F)C1CCN(c2ccc(Br)cn2)C1. The van der Waals surface area contributed by atoms with Gasteiger partial charge in [-0.3, -0.25) is 0 Å². The molecule has 1 unspecified atom stereocenters. The molecule has 1 aromatic rings. The van der Waals surface area contributed by atoms with Crippen molar-refractivity contribution in [3.63, 3.8) is 0 Å². The largest absolute Gasteiger partial charge is 0.393 e. The molecule has 1 atom stereocenters. The van der Waals surface area contributed by atoms with Gasteiger partial charge in [0, 0.05) is 23.8 Å². The minimum atomic E-state index is -4.09. The molecule has 0 radical (unpaired) electrons. The van der Waals surface area contributed by atoms with Gasteiger partial charge in [0.15, 0.2) is 0 Å². The van der Waals surface area contributed by atoms with E-state index in [1.165, 1.54) is 0 Å². The van der Waals surface area contributed by atoms with Crippen LogP contribution in [0.5, 0.6) is 0 Å². The summed E-state index contributed by atoms with van der Waals surface area (Å²) in [5, 5.41) is 0. The van der Waals surface area contributed by atoms with Crippen molar-refractivity contribution in [2.24, 2.45) is 5.92 Å². The first-order valence-corrected chi connectivity index (χ1v) is 5.69. The fraction of sp³-hybridized carbons (Fsp3) is 0.500. The highest BCUT2D eigenvalue weighted by atomic mass is 79.9. The van der Waals surface area contributed by atoms with Gasteiger partial charge in [0.1, 0.15) is 5.82 Å². The van der Waals surface area contributed by atoms with E-state index in [2.05, 4.69) is 20.9 Å². The molecule has 2 rings (SSSR count). The van der Waals surface area contributed by atoms with Crippen molar-refractivity contribution in [3.05, 3.63) is 22.8 Å². The Morgan fingerprint density at radius 3 is 2.62 bits per heavy atom.